The summed E-state index contributed by atoms with van der Waals surface area (Å²) < 4.78 is 1.27. The van der Waals surface area contributed by atoms with E-state index in [1.165, 1.54) is 10.9 Å². The van der Waals surface area contributed by atoms with Gasteiger partial charge in [0, 0.05) is 23.8 Å². The van der Waals surface area contributed by atoms with E-state index in [9.17, 15) is 9.59 Å². The molecule has 2 heterocycles. The van der Waals surface area contributed by atoms with Crippen molar-refractivity contribution in [2.24, 2.45) is 7.05 Å². The predicted octanol–water partition coefficient (Wildman–Crippen LogP) is 2.41. The molecule has 3 rings (SSSR count). The van der Waals surface area contributed by atoms with E-state index in [-0.39, 0.29) is 11.3 Å². The van der Waals surface area contributed by atoms with Crippen LogP contribution >= 0.6 is 11.6 Å². The molecule has 0 saturated carbocycles. The molecule has 3 aromatic rings. The number of aromatic nitrogens is 4. The number of hydrogen-bond acceptors (Lipinski definition) is 4. The van der Waals surface area contributed by atoms with Crippen LogP contribution < -0.4 is 5.32 Å². The van der Waals surface area contributed by atoms with E-state index in [4.69, 9.17) is 16.7 Å². The van der Waals surface area contributed by atoms with E-state index in [0.717, 1.165) is 5.56 Å². The van der Waals surface area contributed by atoms with Gasteiger partial charge in [-0.25, -0.2) is 4.79 Å². The van der Waals surface area contributed by atoms with E-state index in [1.807, 2.05) is 0 Å². The van der Waals surface area contributed by atoms with Crippen LogP contribution in [0.15, 0.2) is 36.7 Å². The van der Waals surface area contributed by atoms with Gasteiger partial charge in [-0.3, -0.25) is 14.6 Å². The van der Waals surface area contributed by atoms with Crippen LogP contribution in [0.4, 0.5) is 5.82 Å². The molecule has 24 heavy (non-hydrogen) atoms. The number of rotatable bonds is 4. The summed E-state index contributed by atoms with van der Waals surface area (Å²) in [6, 6.07) is 7.01. The summed E-state index contributed by atoms with van der Waals surface area (Å²) in [5, 5.41) is 22.8. The monoisotopic (exact) mass is 345 g/mol. The number of amides is 1. The molecule has 0 radical (unpaired) electrons. The van der Waals surface area contributed by atoms with E-state index in [2.05, 4.69) is 20.6 Å². The fourth-order valence-electron chi connectivity index (χ4n) is 2.22. The number of halogens is 1. The van der Waals surface area contributed by atoms with E-state index >= 15 is 0 Å². The van der Waals surface area contributed by atoms with Gasteiger partial charge in [-0.15, -0.1) is 0 Å². The number of nitrogens with zero attached hydrogens (tertiary/aromatic N) is 3. The van der Waals surface area contributed by atoms with Crippen molar-refractivity contribution in [3.8, 4) is 11.1 Å². The molecule has 1 aromatic carbocycles. The highest BCUT2D eigenvalue weighted by Gasteiger charge is 2.22. The maximum absolute atomic E-state index is 12.4. The number of hydrogen-bond donors (Lipinski definition) is 3. The van der Waals surface area contributed by atoms with Gasteiger partial charge in [0.05, 0.1) is 6.20 Å². The average molecular weight is 346 g/mol. The maximum atomic E-state index is 12.4. The van der Waals surface area contributed by atoms with Crippen molar-refractivity contribution in [2.75, 3.05) is 5.32 Å². The van der Waals surface area contributed by atoms with Gasteiger partial charge in [0.25, 0.3) is 5.91 Å². The van der Waals surface area contributed by atoms with Crippen LogP contribution in [0.1, 0.15) is 20.8 Å². The number of H-pyrrole nitrogens is 1. The maximum Gasteiger partial charge on any atom is 0.339 e. The summed E-state index contributed by atoms with van der Waals surface area (Å²) in [6.45, 7) is 0. The van der Waals surface area contributed by atoms with Gasteiger partial charge in [-0.2, -0.15) is 10.2 Å². The Morgan fingerprint density at radius 3 is 2.67 bits per heavy atom. The van der Waals surface area contributed by atoms with Crippen molar-refractivity contribution in [3.05, 3.63) is 52.9 Å². The number of anilines is 1. The van der Waals surface area contributed by atoms with Crippen molar-refractivity contribution in [2.45, 2.75) is 0 Å². The fourth-order valence-corrected chi connectivity index (χ4v) is 2.34. The van der Waals surface area contributed by atoms with Crippen LogP contribution in [-0.4, -0.2) is 37.0 Å². The summed E-state index contributed by atoms with van der Waals surface area (Å²) in [5.41, 5.74) is 1.08. The minimum Gasteiger partial charge on any atom is -0.478 e. The average Bonchev–Trinajstić information content (AvgIpc) is 3.14. The molecule has 3 N–H and O–H groups in total. The zero-order valence-electron chi connectivity index (χ0n) is 12.4. The number of carbonyl (C=O) groups is 2. The molecule has 0 unspecified atom stereocenters. The van der Waals surface area contributed by atoms with Gasteiger partial charge in [-0.1, -0.05) is 23.7 Å². The van der Waals surface area contributed by atoms with Crippen molar-refractivity contribution in [3.63, 3.8) is 0 Å². The lowest BCUT2D eigenvalue weighted by molar-refractivity contribution is 0.0692. The van der Waals surface area contributed by atoms with Crippen molar-refractivity contribution in [1.82, 2.24) is 20.0 Å². The third-order valence-electron chi connectivity index (χ3n) is 3.31. The van der Waals surface area contributed by atoms with Gasteiger partial charge < -0.3 is 10.4 Å². The molecular formula is C15H12ClN5O3. The highest BCUT2D eigenvalue weighted by atomic mass is 35.5. The number of carbonyl (C=O) groups excluding carboxylic acids is 1. The van der Waals surface area contributed by atoms with Gasteiger partial charge in [0.15, 0.2) is 5.69 Å². The predicted molar refractivity (Wildman–Crippen MR) is 87.2 cm³/mol. The minimum absolute atomic E-state index is 0.178. The minimum atomic E-state index is -1.23. The molecular weight excluding hydrogens is 334 g/mol. The molecule has 0 atom stereocenters. The summed E-state index contributed by atoms with van der Waals surface area (Å²) in [6.07, 6.45) is 2.82. The Morgan fingerprint density at radius 1 is 1.29 bits per heavy atom. The molecule has 8 nitrogen and oxygen atoms in total. The van der Waals surface area contributed by atoms with Crippen LogP contribution in [0.3, 0.4) is 0 Å². The second-order valence-corrected chi connectivity index (χ2v) is 5.43. The Morgan fingerprint density at radius 2 is 2.00 bits per heavy atom. The molecule has 122 valence electrons. The van der Waals surface area contributed by atoms with Crippen LogP contribution in [-0.2, 0) is 7.05 Å². The Balaban J connectivity index is 1.90. The first kappa shape index (κ1) is 15.8. The molecule has 0 spiro atoms. The number of nitrogens with one attached hydrogen (secondary N) is 2. The molecule has 1 amide bonds. The lowest BCUT2D eigenvalue weighted by Gasteiger charge is -2.05. The number of carboxylic acid groups (broad SMARTS) is 1. The zero-order valence-corrected chi connectivity index (χ0v) is 13.2. The van der Waals surface area contributed by atoms with E-state index < -0.39 is 11.9 Å². The van der Waals surface area contributed by atoms with Gasteiger partial charge in [-0.05, 0) is 17.7 Å². The third kappa shape index (κ3) is 2.99. The molecule has 0 aliphatic carbocycles. The van der Waals surface area contributed by atoms with Crippen molar-refractivity contribution >= 4 is 29.3 Å². The topological polar surface area (TPSA) is 113 Å². The Kier molecular flexibility index (Phi) is 4.05. The quantitative estimate of drug-likeness (QED) is 0.672. The first-order chi connectivity index (χ1) is 11.5. The van der Waals surface area contributed by atoms with Crippen LogP contribution in [0.2, 0.25) is 5.02 Å². The molecule has 0 fully saturated rings. The lowest BCUT2D eigenvalue weighted by atomic mass is 10.1. The van der Waals surface area contributed by atoms with Crippen LogP contribution in [0.25, 0.3) is 11.1 Å². The smallest absolute Gasteiger partial charge is 0.339 e. The first-order valence-corrected chi connectivity index (χ1v) is 7.21. The second-order valence-electron chi connectivity index (χ2n) is 4.99. The molecule has 2 aromatic heterocycles. The largest absolute Gasteiger partial charge is 0.478 e. The van der Waals surface area contributed by atoms with E-state index in [0.29, 0.717) is 16.4 Å². The molecule has 0 bridgehead atoms. The highest BCUT2D eigenvalue weighted by molar-refractivity contribution is 6.30. The number of benzene rings is 1. The lowest BCUT2D eigenvalue weighted by Crippen LogP contribution is -2.17. The molecule has 9 heteroatoms. The Labute approximate surface area is 141 Å². The first-order valence-electron chi connectivity index (χ1n) is 6.83. The number of aromatic carboxylic acids is 1. The summed E-state index contributed by atoms with van der Waals surface area (Å²) in [7, 11) is 1.54. The van der Waals surface area contributed by atoms with Crippen LogP contribution in [0, 0.1) is 0 Å². The van der Waals surface area contributed by atoms with Crippen molar-refractivity contribution in [1.29, 1.82) is 0 Å². The zero-order chi connectivity index (χ0) is 17.3. The van der Waals surface area contributed by atoms with Gasteiger partial charge in [0.2, 0.25) is 0 Å². The van der Waals surface area contributed by atoms with Crippen molar-refractivity contribution < 1.29 is 14.7 Å². The highest BCUT2D eigenvalue weighted by Crippen LogP contribution is 2.27. The Hall–Kier alpha value is -3.13. The number of aromatic amines is 1. The third-order valence-corrected chi connectivity index (χ3v) is 3.56. The standard InChI is InChI=1S/C15H12ClN5O3/c1-21-7-11(15(23)24)12(20-21)14(22)18-13-10(6-17-19-13)8-2-4-9(16)5-3-8/h2-7H,1H3,(H,23,24)(H2,17,18,19,22). The van der Waals surface area contributed by atoms with Gasteiger partial charge >= 0.3 is 5.97 Å². The second kappa shape index (κ2) is 6.17. The summed E-state index contributed by atoms with van der Waals surface area (Å²) in [4.78, 5) is 23.6. The molecule has 0 aliphatic rings. The SMILES string of the molecule is Cn1cc(C(=O)O)c(C(=O)Nc2[nH]ncc2-c2ccc(Cl)cc2)n1. The molecule has 0 aliphatic heterocycles. The fraction of sp³-hybridized carbons (Fsp3) is 0.0667. The Bertz CT molecular complexity index is 914. The van der Waals surface area contributed by atoms with E-state index in [1.54, 1.807) is 37.5 Å². The van der Waals surface area contributed by atoms with Crippen LogP contribution in [0.5, 0.6) is 0 Å². The summed E-state index contributed by atoms with van der Waals surface area (Å²) >= 11 is 5.87. The summed E-state index contributed by atoms with van der Waals surface area (Å²) in [5.74, 6) is -1.53. The number of carboxylic acids is 1. The number of aryl methyl sites for hydroxylation is 1. The molecule has 0 saturated heterocycles. The normalized spacial score (nSPS) is 10.6. The van der Waals surface area contributed by atoms with Gasteiger partial charge in [0.1, 0.15) is 11.4 Å².